The van der Waals surface area contributed by atoms with Crippen molar-refractivity contribution in [3.05, 3.63) is 311 Å². The number of allylic oxidation sites excluding steroid dienone is 2. The topological polar surface area (TPSA) is 32.1 Å². The highest BCUT2D eigenvalue weighted by Crippen LogP contribution is 2.68. The number of fused-ring (bicyclic) bond motifs is 19. The molecule has 0 saturated heterocycles. The Hall–Kier alpha value is -10.4. The van der Waals surface area contributed by atoms with Gasteiger partial charge >= 0.3 is 0 Å². The molecule has 0 saturated carbocycles. The predicted octanol–water partition coefficient (Wildman–Crippen LogP) is 21.3. The number of nitrogens with zero attached hydrogens (tertiary/aromatic N) is 3. The van der Waals surface area contributed by atoms with E-state index in [4.69, 9.17) is 9.15 Å². The number of aryl methyl sites for hydroxylation is 3. The molecule has 0 amide bonds. The van der Waals surface area contributed by atoms with Gasteiger partial charge in [-0.15, -0.1) is 0 Å². The van der Waals surface area contributed by atoms with Gasteiger partial charge in [0.05, 0.1) is 39.5 Å². The van der Waals surface area contributed by atoms with Crippen LogP contribution in [-0.4, -0.2) is 6.10 Å². The van der Waals surface area contributed by atoms with E-state index in [2.05, 4.69) is 303 Å². The minimum absolute atomic E-state index is 0.0757. The highest BCUT2D eigenvalue weighted by molar-refractivity contribution is 6.20. The molecular formula is C79H57N3O2. The fourth-order valence-corrected chi connectivity index (χ4v) is 14.8. The van der Waals surface area contributed by atoms with E-state index in [1.807, 2.05) is 0 Å². The fraction of sp³-hybridized carbons (Fsp3) is 0.0886. The zero-order valence-corrected chi connectivity index (χ0v) is 47.1. The maximum atomic E-state index is 7.25. The maximum Gasteiger partial charge on any atom is 0.159 e. The third kappa shape index (κ3) is 6.78. The number of anilines is 9. The van der Waals surface area contributed by atoms with Crippen molar-refractivity contribution < 1.29 is 9.15 Å². The van der Waals surface area contributed by atoms with Gasteiger partial charge in [-0.25, -0.2) is 0 Å². The molecule has 0 fully saturated rings. The second-order valence-corrected chi connectivity index (χ2v) is 23.3. The average Bonchev–Trinajstić information content (AvgIpc) is 1.82. The normalized spacial score (nSPS) is 15.8. The molecule has 12 aromatic carbocycles. The van der Waals surface area contributed by atoms with Crippen LogP contribution in [0, 0.1) is 20.8 Å². The highest BCUT2D eigenvalue weighted by atomic mass is 16.5. The summed E-state index contributed by atoms with van der Waals surface area (Å²) >= 11 is 0. The lowest BCUT2D eigenvalue weighted by Crippen LogP contribution is -2.36. The van der Waals surface area contributed by atoms with Crippen molar-refractivity contribution in [2.75, 3.05) is 14.7 Å². The Bertz CT molecular complexity index is 4910. The molecular weight excluding hydrogens is 1020 g/mol. The van der Waals surface area contributed by atoms with Crippen LogP contribution in [0.5, 0.6) is 5.75 Å². The van der Waals surface area contributed by atoms with Crippen molar-refractivity contribution in [1.82, 2.24) is 0 Å². The van der Waals surface area contributed by atoms with Crippen LogP contribution in [0.4, 0.5) is 51.2 Å². The Labute approximate surface area is 488 Å². The summed E-state index contributed by atoms with van der Waals surface area (Å²) in [5.74, 6) is 1.04. The number of benzene rings is 12. The SMILES string of the molecule is CC1=CC=CC2c3cccc(N(c4ccc(C)cc4)c4cc5c(c6ccccc46)-c4c(cc(N(c6ccc(C)cc6)c6cccc7c6oc6c(C)cccc67)c6ccccc46)C54c5ccccc5N(c5ccccc5)c5ccccc54)c3OC12. The Balaban J connectivity index is 1.03. The van der Waals surface area contributed by atoms with Gasteiger partial charge in [0.15, 0.2) is 5.58 Å². The molecule has 0 bridgehead atoms. The molecule has 0 radical (unpaired) electrons. The van der Waals surface area contributed by atoms with Gasteiger partial charge in [0.1, 0.15) is 17.4 Å². The second kappa shape index (κ2) is 18.3. The molecule has 0 N–H and O–H groups in total. The fourth-order valence-electron chi connectivity index (χ4n) is 14.8. The Morgan fingerprint density at radius 2 is 0.917 bits per heavy atom. The van der Waals surface area contributed by atoms with E-state index in [9.17, 15) is 0 Å². The summed E-state index contributed by atoms with van der Waals surface area (Å²) in [6.07, 6.45) is 6.62. The molecule has 17 rings (SSSR count). The van der Waals surface area contributed by atoms with Crippen LogP contribution < -0.4 is 19.4 Å². The molecule has 3 heterocycles. The van der Waals surface area contributed by atoms with Crippen molar-refractivity contribution in [3.8, 4) is 16.9 Å². The first-order chi connectivity index (χ1) is 41.3. The Morgan fingerprint density at radius 1 is 0.417 bits per heavy atom. The van der Waals surface area contributed by atoms with E-state index < -0.39 is 5.41 Å². The lowest BCUT2D eigenvalue weighted by molar-refractivity contribution is 0.256. The first-order valence-corrected chi connectivity index (χ1v) is 29.3. The Kier molecular flexibility index (Phi) is 10.5. The van der Waals surface area contributed by atoms with Gasteiger partial charge in [-0.1, -0.05) is 199 Å². The molecule has 2 aliphatic heterocycles. The molecule has 2 unspecified atom stereocenters. The maximum absolute atomic E-state index is 7.25. The minimum atomic E-state index is -0.877. The first kappa shape index (κ1) is 48.4. The molecule has 5 nitrogen and oxygen atoms in total. The summed E-state index contributed by atoms with van der Waals surface area (Å²) in [6, 6.07) is 90.5. The van der Waals surface area contributed by atoms with Crippen molar-refractivity contribution in [1.29, 1.82) is 0 Å². The van der Waals surface area contributed by atoms with Crippen molar-refractivity contribution in [3.63, 3.8) is 0 Å². The van der Waals surface area contributed by atoms with Crippen LogP contribution in [0.3, 0.4) is 0 Å². The molecule has 1 spiro atoms. The van der Waals surface area contributed by atoms with Crippen LogP contribution >= 0.6 is 0 Å². The van der Waals surface area contributed by atoms with Gasteiger partial charge in [0.2, 0.25) is 0 Å². The number of hydrogen-bond donors (Lipinski definition) is 0. The number of rotatable bonds is 7. The zero-order valence-electron chi connectivity index (χ0n) is 47.1. The second-order valence-electron chi connectivity index (χ2n) is 23.3. The first-order valence-electron chi connectivity index (χ1n) is 29.3. The van der Waals surface area contributed by atoms with E-state index in [-0.39, 0.29) is 12.0 Å². The van der Waals surface area contributed by atoms with Crippen LogP contribution in [-0.2, 0) is 5.41 Å². The van der Waals surface area contributed by atoms with Crippen LogP contribution in [0.25, 0.3) is 54.6 Å². The molecule has 2 aliphatic carbocycles. The van der Waals surface area contributed by atoms with Gasteiger partial charge in [-0.2, -0.15) is 0 Å². The predicted molar refractivity (Wildman–Crippen MR) is 348 cm³/mol. The van der Waals surface area contributed by atoms with E-state index in [1.165, 1.54) is 66.4 Å². The summed E-state index contributed by atoms with van der Waals surface area (Å²) in [6.45, 7) is 8.67. The van der Waals surface area contributed by atoms with Gasteiger partial charge in [-0.3, -0.25) is 0 Å². The average molecular weight is 1080 g/mol. The molecule has 4 aliphatic rings. The van der Waals surface area contributed by atoms with Crippen LogP contribution in [0.2, 0.25) is 0 Å². The van der Waals surface area contributed by atoms with E-state index >= 15 is 0 Å². The number of furan rings is 1. The van der Waals surface area contributed by atoms with Crippen LogP contribution in [0.15, 0.2) is 271 Å². The van der Waals surface area contributed by atoms with Gasteiger partial charge in [0.25, 0.3) is 0 Å². The van der Waals surface area contributed by atoms with Gasteiger partial charge in [0, 0.05) is 50.1 Å². The van der Waals surface area contributed by atoms with Gasteiger partial charge < -0.3 is 23.9 Å². The summed E-state index contributed by atoms with van der Waals surface area (Å²) in [5, 5.41) is 6.84. The van der Waals surface area contributed by atoms with Gasteiger partial charge in [-0.05, 0) is 156 Å². The van der Waals surface area contributed by atoms with Crippen molar-refractivity contribution in [2.45, 2.75) is 45.1 Å². The highest BCUT2D eigenvalue weighted by Gasteiger charge is 2.54. The monoisotopic (exact) mass is 1080 g/mol. The molecule has 84 heavy (non-hydrogen) atoms. The lowest BCUT2D eigenvalue weighted by atomic mass is 9.64. The minimum Gasteiger partial charge on any atom is -0.483 e. The van der Waals surface area contributed by atoms with E-state index in [0.717, 1.165) is 95.2 Å². The largest absolute Gasteiger partial charge is 0.483 e. The van der Waals surface area contributed by atoms with E-state index in [0.29, 0.717) is 0 Å². The molecule has 5 heteroatoms. The van der Waals surface area contributed by atoms with Crippen molar-refractivity contribution in [2.24, 2.45) is 0 Å². The molecule has 1 aromatic heterocycles. The summed E-state index contributed by atoms with van der Waals surface area (Å²) in [7, 11) is 0. The van der Waals surface area contributed by atoms with Crippen molar-refractivity contribution >= 4 is 94.7 Å². The quantitative estimate of drug-likeness (QED) is 0.159. The Morgan fingerprint density at radius 3 is 1.54 bits per heavy atom. The summed E-state index contributed by atoms with van der Waals surface area (Å²) in [4.78, 5) is 7.44. The number of para-hydroxylation sites is 6. The summed E-state index contributed by atoms with van der Waals surface area (Å²) < 4.78 is 14.4. The molecule has 13 aromatic rings. The third-order valence-corrected chi connectivity index (χ3v) is 18.5. The number of ether oxygens (including phenoxy) is 1. The smallest absolute Gasteiger partial charge is 0.159 e. The standard InChI is InChI=1S/C79H57N3O2/c1-48-38-42-53(43-39-48)81(69-36-18-30-61-59-28-16-20-50(3)75(59)83-77(61)69)71-46-65-73(57-26-10-8-24-55(57)71)74-58-27-11-9-25-56(58)72(82(54-44-40-49(2)41-45-54)70-37-19-31-62-60-29-17-21-51(4)76(60)84-78(62)70)47-66(74)79(65)63-32-12-14-34-67(63)80(52-22-6-5-7-23-52)68-35-15-13-33-64(68)79/h5-47,59,75H,1-4H3. The molecule has 400 valence electrons. The number of hydrogen-bond acceptors (Lipinski definition) is 5. The molecule has 2 atom stereocenters. The lowest BCUT2D eigenvalue weighted by Gasteiger charge is -2.45. The summed E-state index contributed by atoms with van der Waals surface area (Å²) in [5.41, 5.74) is 23.7. The van der Waals surface area contributed by atoms with Crippen LogP contribution in [0.1, 0.15) is 57.3 Å². The van der Waals surface area contributed by atoms with E-state index in [1.54, 1.807) is 0 Å². The zero-order chi connectivity index (χ0) is 55.9. The third-order valence-electron chi connectivity index (χ3n) is 18.5.